The van der Waals surface area contributed by atoms with E-state index in [9.17, 15) is 4.79 Å². The number of piperidine rings is 1. The summed E-state index contributed by atoms with van der Waals surface area (Å²) in [6, 6.07) is 0. The van der Waals surface area contributed by atoms with Crippen LogP contribution in [0.15, 0.2) is 0 Å². The summed E-state index contributed by atoms with van der Waals surface area (Å²) in [7, 11) is 2.20. The summed E-state index contributed by atoms with van der Waals surface area (Å²) in [6.45, 7) is 7.89. The Bertz CT molecular complexity index is 305. The van der Waals surface area contributed by atoms with Crippen LogP contribution in [0, 0.1) is 5.92 Å². The number of amides is 1. The Hall–Kier alpha value is -0.260. The molecular formula is C15H29N3OS. The molecule has 2 heterocycles. The molecule has 0 radical (unpaired) electrons. The number of likely N-dealkylation sites (tertiary alicyclic amines) is 1. The third kappa shape index (κ3) is 4.93. The summed E-state index contributed by atoms with van der Waals surface area (Å²) in [4.78, 5) is 19.2. The molecule has 0 aliphatic carbocycles. The van der Waals surface area contributed by atoms with E-state index in [0.717, 1.165) is 18.8 Å². The first-order valence-corrected chi connectivity index (χ1v) is 9.26. The summed E-state index contributed by atoms with van der Waals surface area (Å²) in [6.07, 6.45) is 5.25. The van der Waals surface area contributed by atoms with Gasteiger partial charge in [-0.05, 0) is 32.1 Å². The van der Waals surface area contributed by atoms with Crippen molar-refractivity contribution in [3.05, 3.63) is 0 Å². The fraction of sp³-hybridized carbons (Fsp3) is 0.933. The highest BCUT2D eigenvalue weighted by atomic mass is 32.2. The van der Waals surface area contributed by atoms with Crippen LogP contribution < -0.4 is 0 Å². The second kappa shape index (κ2) is 8.25. The predicted molar refractivity (Wildman–Crippen MR) is 86.2 cm³/mol. The van der Waals surface area contributed by atoms with Gasteiger partial charge in [0.05, 0.1) is 0 Å². The Labute approximate surface area is 127 Å². The lowest BCUT2D eigenvalue weighted by Crippen LogP contribution is -2.49. The van der Waals surface area contributed by atoms with Crippen molar-refractivity contribution in [2.24, 2.45) is 5.92 Å². The van der Waals surface area contributed by atoms with Crippen LogP contribution in [-0.4, -0.2) is 85.5 Å². The van der Waals surface area contributed by atoms with E-state index in [4.69, 9.17) is 0 Å². The van der Waals surface area contributed by atoms with E-state index in [2.05, 4.69) is 28.0 Å². The number of carbonyl (C=O) groups is 1. The number of thioether (sulfide) groups is 1. The van der Waals surface area contributed by atoms with Crippen LogP contribution >= 0.6 is 11.8 Å². The smallest absolute Gasteiger partial charge is 0.223 e. The predicted octanol–water partition coefficient (Wildman–Crippen LogP) is 1.23. The van der Waals surface area contributed by atoms with Crippen molar-refractivity contribution in [2.75, 3.05) is 64.9 Å². The Balaban J connectivity index is 1.74. The van der Waals surface area contributed by atoms with E-state index in [1.54, 1.807) is 11.8 Å². The van der Waals surface area contributed by atoms with E-state index in [1.165, 1.54) is 45.6 Å². The lowest BCUT2D eigenvalue weighted by atomic mass is 9.97. The van der Waals surface area contributed by atoms with Crippen LogP contribution in [0.3, 0.4) is 0 Å². The summed E-state index contributed by atoms with van der Waals surface area (Å²) in [5.41, 5.74) is 0. The number of hydrogen-bond acceptors (Lipinski definition) is 4. The second-order valence-electron chi connectivity index (χ2n) is 6.19. The van der Waals surface area contributed by atoms with E-state index in [1.807, 2.05) is 0 Å². The van der Waals surface area contributed by atoms with Gasteiger partial charge in [0.2, 0.25) is 5.91 Å². The molecule has 2 fully saturated rings. The monoisotopic (exact) mass is 299 g/mol. The highest BCUT2D eigenvalue weighted by molar-refractivity contribution is 7.98. The van der Waals surface area contributed by atoms with Crippen molar-refractivity contribution in [1.29, 1.82) is 0 Å². The molecule has 1 atom stereocenters. The van der Waals surface area contributed by atoms with E-state index in [-0.39, 0.29) is 0 Å². The molecule has 1 unspecified atom stereocenters. The minimum atomic E-state index is 0.363. The molecular weight excluding hydrogens is 270 g/mol. The first kappa shape index (κ1) is 16.1. The molecule has 0 spiro atoms. The quantitative estimate of drug-likeness (QED) is 0.763. The normalized spacial score (nSPS) is 25.9. The van der Waals surface area contributed by atoms with Gasteiger partial charge in [0, 0.05) is 58.0 Å². The maximum Gasteiger partial charge on any atom is 0.223 e. The van der Waals surface area contributed by atoms with Gasteiger partial charge in [-0.2, -0.15) is 11.8 Å². The van der Waals surface area contributed by atoms with Gasteiger partial charge in [-0.1, -0.05) is 0 Å². The molecule has 2 aliphatic rings. The average Bonchev–Trinajstić information content (AvgIpc) is 2.47. The summed E-state index contributed by atoms with van der Waals surface area (Å²) < 4.78 is 0. The maximum absolute atomic E-state index is 12.1. The molecule has 0 aromatic heterocycles. The van der Waals surface area contributed by atoms with Crippen LogP contribution in [0.1, 0.15) is 19.3 Å². The van der Waals surface area contributed by atoms with Crippen molar-refractivity contribution < 1.29 is 4.79 Å². The summed E-state index contributed by atoms with van der Waals surface area (Å²) in [5.74, 6) is 2.01. The van der Waals surface area contributed by atoms with Crippen LogP contribution in [0.5, 0.6) is 0 Å². The average molecular weight is 299 g/mol. The molecule has 4 nitrogen and oxygen atoms in total. The number of likely N-dealkylation sites (N-methyl/N-ethyl adjacent to an activating group) is 1. The van der Waals surface area contributed by atoms with Crippen LogP contribution in [0.25, 0.3) is 0 Å². The highest BCUT2D eigenvalue weighted by Gasteiger charge is 2.25. The number of carbonyl (C=O) groups excluding carboxylic acids is 1. The van der Waals surface area contributed by atoms with Gasteiger partial charge in [-0.15, -0.1) is 0 Å². The standard InChI is InChI=1S/C15H29N3OS/c1-16-7-9-17(10-8-16)12-14-4-3-6-18(13-14)15(19)5-11-20-2/h14H,3-13H2,1-2H3. The molecule has 2 aliphatic heterocycles. The molecule has 0 saturated carbocycles. The molecule has 0 aromatic rings. The molecule has 2 rings (SSSR count). The van der Waals surface area contributed by atoms with Crippen molar-refractivity contribution in [2.45, 2.75) is 19.3 Å². The zero-order valence-corrected chi connectivity index (χ0v) is 13.8. The summed E-state index contributed by atoms with van der Waals surface area (Å²) >= 11 is 1.76. The summed E-state index contributed by atoms with van der Waals surface area (Å²) in [5, 5.41) is 0. The Morgan fingerprint density at radius 2 is 1.95 bits per heavy atom. The van der Waals surface area contributed by atoms with Crippen molar-refractivity contribution >= 4 is 17.7 Å². The van der Waals surface area contributed by atoms with Crippen molar-refractivity contribution in [3.63, 3.8) is 0 Å². The van der Waals surface area contributed by atoms with Gasteiger partial charge in [0.25, 0.3) is 0 Å². The lowest BCUT2D eigenvalue weighted by molar-refractivity contribution is -0.132. The molecule has 0 N–H and O–H groups in total. The van der Waals surface area contributed by atoms with Gasteiger partial charge in [0.15, 0.2) is 0 Å². The SMILES string of the molecule is CSCCC(=O)N1CCCC(CN2CCN(C)CC2)C1. The Morgan fingerprint density at radius 3 is 2.65 bits per heavy atom. The zero-order valence-electron chi connectivity index (χ0n) is 13.0. The molecule has 0 aromatic carbocycles. The van der Waals surface area contributed by atoms with Crippen LogP contribution in [-0.2, 0) is 4.79 Å². The van der Waals surface area contributed by atoms with Crippen molar-refractivity contribution in [1.82, 2.24) is 14.7 Å². The number of piperazine rings is 1. The third-order valence-electron chi connectivity index (χ3n) is 4.50. The molecule has 0 bridgehead atoms. The first-order chi connectivity index (χ1) is 9.69. The molecule has 20 heavy (non-hydrogen) atoms. The largest absolute Gasteiger partial charge is 0.342 e. The van der Waals surface area contributed by atoms with Crippen LogP contribution in [0.2, 0.25) is 0 Å². The third-order valence-corrected chi connectivity index (χ3v) is 5.12. The second-order valence-corrected chi connectivity index (χ2v) is 7.18. The fourth-order valence-corrected chi connectivity index (χ4v) is 3.56. The Kier molecular flexibility index (Phi) is 6.65. The zero-order chi connectivity index (χ0) is 14.4. The van der Waals surface area contributed by atoms with Gasteiger partial charge in [0.1, 0.15) is 0 Å². The van der Waals surface area contributed by atoms with E-state index in [0.29, 0.717) is 18.2 Å². The van der Waals surface area contributed by atoms with E-state index < -0.39 is 0 Å². The number of hydrogen-bond donors (Lipinski definition) is 0. The molecule has 1 amide bonds. The number of rotatable bonds is 5. The first-order valence-electron chi connectivity index (χ1n) is 7.86. The minimum absolute atomic E-state index is 0.363. The highest BCUT2D eigenvalue weighted by Crippen LogP contribution is 2.19. The van der Waals surface area contributed by atoms with E-state index >= 15 is 0 Å². The van der Waals surface area contributed by atoms with Crippen LogP contribution in [0.4, 0.5) is 0 Å². The number of nitrogens with zero attached hydrogens (tertiary/aromatic N) is 3. The Morgan fingerprint density at radius 1 is 1.20 bits per heavy atom. The van der Waals surface area contributed by atoms with Gasteiger partial charge >= 0.3 is 0 Å². The lowest BCUT2D eigenvalue weighted by Gasteiger charge is -2.38. The fourth-order valence-electron chi connectivity index (χ4n) is 3.18. The minimum Gasteiger partial charge on any atom is -0.342 e. The molecule has 116 valence electrons. The van der Waals surface area contributed by atoms with Gasteiger partial charge in [-0.3, -0.25) is 4.79 Å². The maximum atomic E-state index is 12.1. The van der Waals surface area contributed by atoms with Gasteiger partial charge < -0.3 is 14.7 Å². The molecule has 2 saturated heterocycles. The topological polar surface area (TPSA) is 26.8 Å². The van der Waals surface area contributed by atoms with Crippen molar-refractivity contribution in [3.8, 4) is 0 Å². The van der Waals surface area contributed by atoms with Gasteiger partial charge in [-0.25, -0.2) is 0 Å². The molecule has 5 heteroatoms.